The molecular weight excluding hydrogens is 364 g/mol. The molecule has 8 atom stereocenters. The number of aliphatic hydroxyl groups is 1. The van der Waals surface area contributed by atoms with Crippen LogP contribution in [0.25, 0.3) is 0 Å². The zero-order valence-corrected chi connectivity index (χ0v) is 18.8. The molecule has 4 rings (SSSR count). The Balaban J connectivity index is 1.56. The van der Waals surface area contributed by atoms with Gasteiger partial charge in [0.15, 0.2) is 0 Å². The van der Waals surface area contributed by atoms with E-state index in [4.69, 9.17) is 4.74 Å². The van der Waals surface area contributed by atoms with Gasteiger partial charge in [-0.15, -0.1) is 0 Å². The number of hydrogen-bond acceptors (Lipinski definition) is 4. The number of esters is 1. The first-order valence-electron chi connectivity index (χ1n) is 12.1. The Morgan fingerprint density at radius 2 is 1.83 bits per heavy atom. The molecule has 4 heteroatoms. The van der Waals surface area contributed by atoms with E-state index in [2.05, 4.69) is 20.8 Å². The van der Waals surface area contributed by atoms with Crippen LogP contribution in [0.1, 0.15) is 91.9 Å². The Kier molecular flexibility index (Phi) is 5.41. The van der Waals surface area contributed by atoms with E-state index in [1.54, 1.807) is 0 Å². The molecule has 0 amide bonds. The van der Waals surface area contributed by atoms with Crippen LogP contribution in [0.4, 0.5) is 0 Å². The normalized spacial score (nSPS) is 49.1. The second-order valence-electron chi connectivity index (χ2n) is 11.3. The first kappa shape index (κ1) is 21.3. The van der Waals surface area contributed by atoms with Crippen LogP contribution in [0.15, 0.2) is 0 Å². The van der Waals surface area contributed by atoms with Crippen molar-refractivity contribution in [3.63, 3.8) is 0 Å². The lowest BCUT2D eigenvalue weighted by atomic mass is 9.42. The Bertz CT molecular complexity index is 674. The first-order chi connectivity index (χ1) is 13.7. The Hall–Kier alpha value is -0.900. The summed E-state index contributed by atoms with van der Waals surface area (Å²) < 4.78 is 5.33. The summed E-state index contributed by atoms with van der Waals surface area (Å²) in [6.45, 7) is 9.45. The minimum atomic E-state index is -0.931. The average Bonchev–Trinajstić information content (AvgIpc) is 2.92. The molecule has 0 aromatic heterocycles. The fourth-order valence-electron chi connectivity index (χ4n) is 8.39. The third-order valence-corrected chi connectivity index (χ3v) is 10.3. The van der Waals surface area contributed by atoms with Crippen molar-refractivity contribution in [3.05, 3.63) is 0 Å². The minimum Gasteiger partial charge on any atom is -0.466 e. The topological polar surface area (TPSA) is 63.6 Å². The van der Waals surface area contributed by atoms with Crippen LogP contribution in [-0.2, 0) is 14.3 Å². The van der Waals surface area contributed by atoms with E-state index in [-0.39, 0.29) is 23.2 Å². The van der Waals surface area contributed by atoms with Gasteiger partial charge in [0.1, 0.15) is 5.78 Å². The van der Waals surface area contributed by atoms with Crippen molar-refractivity contribution in [3.8, 4) is 0 Å². The van der Waals surface area contributed by atoms with Gasteiger partial charge in [-0.1, -0.05) is 27.7 Å². The molecule has 4 aliphatic rings. The van der Waals surface area contributed by atoms with E-state index < -0.39 is 5.60 Å². The van der Waals surface area contributed by atoms with E-state index in [1.165, 1.54) is 6.42 Å². The summed E-state index contributed by atoms with van der Waals surface area (Å²) in [6.07, 6.45) is 8.64. The van der Waals surface area contributed by atoms with Crippen molar-refractivity contribution in [2.45, 2.75) is 97.5 Å². The van der Waals surface area contributed by atoms with Gasteiger partial charge in [-0.3, -0.25) is 9.59 Å². The van der Waals surface area contributed by atoms with E-state index in [0.29, 0.717) is 48.4 Å². The molecule has 0 saturated heterocycles. The molecule has 0 spiro atoms. The molecule has 1 N–H and O–H groups in total. The van der Waals surface area contributed by atoms with Gasteiger partial charge in [-0.05, 0) is 85.4 Å². The Labute approximate surface area is 176 Å². The monoisotopic (exact) mass is 404 g/mol. The molecule has 4 nitrogen and oxygen atoms in total. The fourth-order valence-corrected chi connectivity index (χ4v) is 8.39. The summed E-state index contributed by atoms with van der Waals surface area (Å²) >= 11 is 0. The third kappa shape index (κ3) is 3.11. The molecule has 0 aromatic rings. The molecule has 4 aliphatic carbocycles. The first-order valence-corrected chi connectivity index (χ1v) is 12.1. The second-order valence-corrected chi connectivity index (χ2v) is 11.3. The molecule has 164 valence electrons. The average molecular weight is 405 g/mol. The van der Waals surface area contributed by atoms with Gasteiger partial charge in [-0.25, -0.2) is 0 Å². The van der Waals surface area contributed by atoms with Crippen molar-refractivity contribution >= 4 is 11.8 Å². The summed E-state index contributed by atoms with van der Waals surface area (Å²) in [5.41, 5.74) is -0.880. The van der Waals surface area contributed by atoms with Gasteiger partial charge in [0, 0.05) is 12.8 Å². The van der Waals surface area contributed by atoms with E-state index in [1.807, 2.05) is 6.92 Å². The molecule has 0 heterocycles. The number of Topliss-reactive ketones (excluding diaryl/α,β-unsaturated/α-hetero) is 1. The fraction of sp³-hybridized carbons (Fsp3) is 0.920. The Morgan fingerprint density at radius 1 is 1.10 bits per heavy atom. The maximum Gasteiger partial charge on any atom is 0.308 e. The highest BCUT2D eigenvalue weighted by molar-refractivity contribution is 5.80. The van der Waals surface area contributed by atoms with Crippen molar-refractivity contribution in [2.24, 2.45) is 40.4 Å². The lowest BCUT2D eigenvalue weighted by molar-refractivity contribution is -0.177. The van der Waals surface area contributed by atoms with Crippen LogP contribution in [0, 0.1) is 40.4 Å². The lowest BCUT2D eigenvalue weighted by Crippen LogP contribution is -2.58. The number of ether oxygens (including phenoxy) is 1. The van der Waals surface area contributed by atoms with Crippen molar-refractivity contribution < 1.29 is 19.4 Å². The minimum absolute atomic E-state index is 0.141. The largest absolute Gasteiger partial charge is 0.466 e. The number of ketones is 1. The Morgan fingerprint density at radius 3 is 2.55 bits per heavy atom. The predicted molar refractivity (Wildman–Crippen MR) is 112 cm³/mol. The molecule has 0 aliphatic heterocycles. The molecule has 29 heavy (non-hydrogen) atoms. The van der Waals surface area contributed by atoms with Crippen LogP contribution < -0.4 is 0 Å². The van der Waals surface area contributed by atoms with E-state index >= 15 is 0 Å². The van der Waals surface area contributed by atoms with Crippen molar-refractivity contribution in [1.29, 1.82) is 0 Å². The summed E-state index contributed by atoms with van der Waals surface area (Å²) in [7, 11) is 0. The number of fused-ring (bicyclic) bond motifs is 5. The number of rotatable bonds is 4. The molecule has 0 aromatic carbocycles. The standard InChI is InChI=1S/C25H40O4/c1-5-12-29-22(27)15-25(28)11-9-20-19-7-6-17-14-18(26)13-16(2)24(17,4)21(19)8-10-23(20,25)3/h16-17,19-21,28H,5-15H2,1-4H3/t16-,17-,19-,20-,21-,23-,24-,25+/m0/s1. The lowest BCUT2D eigenvalue weighted by Gasteiger charge is -2.62. The number of hydrogen-bond donors (Lipinski definition) is 1. The quantitative estimate of drug-likeness (QED) is 0.676. The summed E-state index contributed by atoms with van der Waals surface area (Å²) in [5.74, 6) is 2.95. The van der Waals surface area contributed by atoms with E-state index in [0.717, 1.165) is 44.9 Å². The van der Waals surface area contributed by atoms with Gasteiger partial charge in [0.05, 0.1) is 18.6 Å². The zero-order chi connectivity index (χ0) is 21.0. The van der Waals surface area contributed by atoms with Crippen LogP contribution in [0.5, 0.6) is 0 Å². The van der Waals surface area contributed by atoms with Gasteiger partial charge in [-0.2, -0.15) is 0 Å². The highest BCUT2D eigenvalue weighted by Crippen LogP contribution is 2.69. The second kappa shape index (κ2) is 7.35. The third-order valence-electron chi connectivity index (χ3n) is 10.3. The smallest absolute Gasteiger partial charge is 0.308 e. The number of carbonyl (C=O) groups is 2. The number of carbonyl (C=O) groups excluding carboxylic acids is 2. The van der Waals surface area contributed by atoms with Crippen LogP contribution in [0.2, 0.25) is 0 Å². The molecular formula is C25H40O4. The summed E-state index contributed by atoms with van der Waals surface area (Å²) in [6, 6.07) is 0. The molecule has 4 fully saturated rings. The molecule has 0 radical (unpaired) electrons. The predicted octanol–water partition coefficient (Wildman–Crippen LogP) is 4.92. The summed E-state index contributed by atoms with van der Waals surface area (Å²) in [5, 5.41) is 11.6. The molecule has 0 bridgehead atoms. The van der Waals surface area contributed by atoms with Crippen LogP contribution in [0.3, 0.4) is 0 Å². The summed E-state index contributed by atoms with van der Waals surface area (Å²) in [4.78, 5) is 24.6. The SMILES string of the molecule is CCCOC(=O)C[C@]1(O)CC[C@H]2[C@@H]3CC[C@H]4CC(=O)C[C@H](C)[C@]4(C)[C@H]3CC[C@@]21C. The zero-order valence-electron chi connectivity index (χ0n) is 18.8. The van der Waals surface area contributed by atoms with E-state index in [9.17, 15) is 14.7 Å². The van der Waals surface area contributed by atoms with Gasteiger partial charge >= 0.3 is 5.97 Å². The van der Waals surface area contributed by atoms with Gasteiger partial charge in [0.2, 0.25) is 0 Å². The van der Waals surface area contributed by atoms with Crippen LogP contribution in [-0.4, -0.2) is 29.1 Å². The highest BCUT2D eigenvalue weighted by atomic mass is 16.5. The molecule has 0 unspecified atom stereocenters. The van der Waals surface area contributed by atoms with Gasteiger partial charge in [0.25, 0.3) is 0 Å². The van der Waals surface area contributed by atoms with Crippen molar-refractivity contribution in [1.82, 2.24) is 0 Å². The molecule has 4 saturated carbocycles. The van der Waals surface area contributed by atoms with Crippen molar-refractivity contribution in [2.75, 3.05) is 6.61 Å². The van der Waals surface area contributed by atoms with Crippen LogP contribution >= 0.6 is 0 Å². The highest BCUT2D eigenvalue weighted by Gasteiger charge is 2.65. The van der Waals surface area contributed by atoms with Gasteiger partial charge < -0.3 is 9.84 Å². The maximum absolute atomic E-state index is 12.4. The maximum atomic E-state index is 12.4.